The zero-order valence-electron chi connectivity index (χ0n) is 10.6. The van der Waals surface area contributed by atoms with Gasteiger partial charge in [-0.05, 0) is 27.2 Å². The number of esters is 1. The highest BCUT2D eigenvalue weighted by atomic mass is 19.3. The zero-order valence-corrected chi connectivity index (χ0v) is 10.6. The first-order valence-corrected chi connectivity index (χ1v) is 5.61. The molecule has 0 aromatic rings. The number of halogens is 2. The lowest BCUT2D eigenvalue weighted by Crippen LogP contribution is -2.53. The standard InChI is InChI=1S/C11H17F2NO4/c1-10(2,3)18-8(15)7-4-5-14(9(16)17)6-11(7,12)13/h7H,4-6H2,1-3H3,(H,16,17)/t7-/m0/s1. The number of carboxylic acid groups (broad SMARTS) is 1. The summed E-state index contributed by atoms with van der Waals surface area (Å²) in [6.07, 6.45) is -1.63. The highest BCUT2D eigenvalue weighted by molar-refractivity contribution is 5.75. The van der Waals surface area contributed by atoms with Crippen LogP contribution in [0.15, 0.2) is 0 Å². The van der Waals surface area contributed by atoms with Gasteiger partial charge in [-0.2, -0.15) is 0 Å². The average molecular weight is 265 g/mol. The number of piperidine rings is 1. The van der Waals surface area contributed by atoms with Gasteiger partial charge in [0, 0.05) is 6.54 Å². The molecule has 0 spiro atoms. The molecule has 1 aliphatic rings. The van der Waals surface area contributed by atoms with Crippen molar-refractivity contribution in [1.29, 1.82) is 0 Å². The fraction of sp³-hybridized carbons (Fsp3) is 0.818. The van der Waals surface area contributed by atoms with Crippen LogP contribution in [-0.4, -0.2) is 46.7 Å². The zero-order chi connectivity index (χ0) is 14.1. The molecular weight excluding hydrogens is 248 g/mol. The van der Waals surface area contributed by atoms with Gasteiger partial charge in [0.15, 0.2) is 0 Å². The minimum absolute atomic E-state index is 0.0885. The van der Waals surface area contributed by atoms with Crippen LogP contribution in [0.25, 0.3) is 0 Å². The first kappa shape index (κ1) is 14.7. The molecule has 0 aliphatic carbocycles. The number of carbonyl (C=O) groups is 2. The summed E-state index contributed by atoms with van der Waals surface area (Å²) < 4.78 is 32.3. The summed E-state index contributed by atoms with van der Waals surface area (Å²) in [7, 11) is 0. The molecule has 0 aromatic heterocycles. The highest BCUT2D eigenvalue weighted by Gasteiger charge is 2.51. The molecule has 1 rings (SSSR count). The fourth-order valence-electron chi connectivity index (χ4n) is 1.77. The van der Waals surface area contributed by atoms with Crippen molar-refractivity contribution >= 4 is 12.1 Å². The van der Waals surface area contributed by atoms with E-state index in [0.29, 0.717) is 4.90 Å². The van der Waals surface area contributed by atoms with Crippen molar-refractivity contribution in [2.75, 3.05) is 13.1 Å². The number of carbonyl (C=O) groups excluding carboxylic acids is 1. The second kappa shape index (κ2) is 4.70. The molecule has 1 amide bonds. The predicted molar refractivity (Wildman–Crippen MR) is 58.5 cm³/mol. The Hall–Kier alpha value is -1.40. The lowest BCUT2D eigenvalue weighted by Gasteiger charge is -2.36. The van der Waals surface area contributed by atoms with Crippen LogP contribution in [0.2, 0.25) is 0 Å². The Morgan fingerprint density at radius 3 is 2.33 bits per heavy atom. The van der Waals surface area contributed by atoms with E-state index in [1.807, 2.05) is 0 Å². The Balaban J connectivity index is 2.74. The van der Waals surface area contributed by atoms with E-state index >= 15 is 0 Å². The topological polar surface area (TPSA) is 66.8 Å². The van der Waals surface area contributed by atoms with Gasteiger partial charge >= 0.3 is 12.1 Å². The number of ether oxygens (including phenoxy) is 1. The second-order valence-electron chi connectivity index (χ2n) is 5.34. The fourth-order valence-corrected chi connectivity index (χ4v) is 1.77. The van der Waals surface area contributed by atoms with Crippen molar-refractivity contribution in [3.05, 3.63) is 0 Å². The molecule has 0 unspecified atom stereocenters. The van der Waals surface area contributed by atoms with Crippen LogP contribution < -0.4 is 0 Å². The van der Waals surface area contributed by atoms with E-state index in [4.69, 9.17) is 9.84 Å². The van der Waals surface area contributed by atoms with Crippen LogP contribution in [-0.2, 0) is 9.53 Å². The van der Waals surface area contributed by atoms with Crippen LogP contribution in [0.5, 0.6) is 0 Å². The predicted octanol–water partition coefficient (Wildman–Crippen LogP) is 1.96. The largest absolute Gasteiger partial charge is 0.465 e. The Morgan fingerprint density at radius 1 is 1.39 bits per heavy atom. The summed E-state index contributed by atoms with van der Waals surface area (Å²) in [6.45, 7) is 3.72. The summed E-state index contributed by atoms with van der Waals surface area (Å²) in [4.78, 5) is 22.9. The minimum Gasteiger partial charge on any atom is -0.465 e. The molecule has 5 nitrogen and oxygen atoms in total. The molecular formula is C11H17F2NO4. The van der Waals surface area contributed by atoms with Gasteiger partial charge < -0.3 is 14.7 Å². The SMILES string of the molecule is CC(C)(C)OC(=O)[C@@H]1CCN(C(=O)O)CC1(F)F. The summed E-state index contributed by atoms with van der Waals surface area (Å²) >= 11 is 0. The number of likely N-dealkylation sites (tertiary alicyclic amines) is 1. The van der Waals surface area contributed by atoms with E-state index in [1.165, 1.54) is 0 Å². The van der Waals surface area contributed by atoms with Crippen LogP contribution >= 0.6 is 0 Å². The maximum absolute atomic E-state index is 13.7. The maximum Gasteiger partial charge on any atom is 0.407 e. The summed E-state index contributed by atoms with van der Waals surface area (Å²) in [6, 6.07) is 0. The molecule has 7 heteroatoms. The number of alkyl halides is 2. The Bertz CT molecular complexity index is 351. The molecule has 0 bridgehead atoms. The molecule has 0 aromatic carbocycles. The summed E-state index contributed by atoms with van der Waals surface area (Å²) in [5, 5.41) is 8.66. The van der Waals surface area contributed by atoms with E-state index in [-0.39, 0.29) is 13.0 Å². The first-order chi connectivity index (χ1) is 8.03. The molecule has 1 aliphatic heterocycles. The number of hydrogen-bond donors (Lipinski definition) is 1. The molecule has 18 heavy (non-hydrogen) atoms. The third-order valence-corrected chi connectivity index (χ3v) is 2.56. The van der Waals surface area contributed by atoms with Crippen molar-refractivity contribution in [2.45, 2.75) is 38.7 Å². The van der Waals surface area contributed by atoms with Crippen LogP contribution in [0.1, 0.15) is 27.2 Å². The first-order valence-electron chi connectivity index (χ1n) is 5.61. The van der Waals surface area contributed by atoms with Crippen molar-refractivity contribution < 1.29 is 28.2 Å². The quantitative estimate of drug-likeness (QED) is 0.736. The normalized spacial score (nSPS) is 23.6. The van der Waals surface area contributed by atoms with E-state index < -0.39 is 36.0 Å². The lowest BCUT2D eigenvalue weighted by atomic mass is 9.93. The summed E-state index contributed by atoms with van der Waals surface area (Å²) in [5.41, 5.74) is -0.836. The van der Waals surface area contributed by atoms with Crippen molar-refractivity contribution in [3.63, 3.8) is 0 Å². The molecule has 0 saturated carbocycles. The third kappa shape index (κ3) is 3.54. The highest BCUT2D eigenvalue weighted by Crippen LogP contribution is 2.34. The average Bonchev–Trinajstić information content (AvgIpc) is 2.12. The van der Waals surface area contributed by atoms with E-state index in [1.54, 1.807) is 20.8 Å². The van der Waals surface area contributed by atoms with Gasteiger partial charge in [0.05, 0.1) is 6.54 Å². The van der Waals surface area contributed by atoms with E-state index in [2.05, 4.69) is 0 Å². The Labute approximate surface area is 104 Å². The van der Waals surface area contributed by atoms with Gasteiger partial charge in [0.1, 0.15) is 11.5 Å². The van der Waals surface area contributed by atoms with E-state index in [0.717, 1.165) is 0 Å². The summed E-state index contributed by atoms with van der Waals surface area (Å²) in [5.74, 6) is -5.94. The Kier molecular flexibility index (Phi) is 3.83. The van der Waals surface area contributed by atoms with Crippen molar-refractivity contribution in [1.82, 2.24) is 4.90 Å². The van der Waals surface area contributed by atoms with Crippen molar-refractivity contribution in [3.8, 4) is 0 Å². The number of rotatable bonds is 1. The molecule has 1 saturated heterocycles. The number of amides is 1. The smallest absolute Gasteiger partial charge is 0.407 e. The van der Waals surface area contributed by atoms with Gasteiger partial charge in [-0.3, -0.25) is 4.79 Å². The van der Waals surface area contributed by atoms with Gasteiger partial charge in [0.2, 0.25) is 0 Å². The molecule has 1 N–H and O–H groups in total. The lowest BCUT2D eigenvalue weighted by molar-refractivity contribution is -0.181. The third-order valence-electron chi connectivity index (χ3n) is 2.56. The van der Waals surface area contributed by atoms with Crippen LogP contribution in [0, 0.1) is 5.92 Å². The van der Waals surface area contributed by atoms with Crippen LogP contribution in [0.3, 0.4) is 0 Å². The second-order valence-corrected chi connectivity index (χ2v) is 5.34. The monoisotopic (exact) mass is 265 g/mol. The number of nitrogens with zero attached hydrogens (tertiary/aromatic N) is 1. The molecule has 1 fully saturated rings. The van der Waals surface area contributed by atoms with E-state index in [9.17, 15) is 18.4 Å². The van der Waals surface area contributed by atoms with Gasteiger partial charge in [-0.15, -0.1) is 0 Å². The van der Waals surface area contributed by atoms with Crippen molar-refractivity contribution in [2.24, 2.45) is 5.92 Å². The minimum atomic E-state index is -3.39. The molecule has 1 atom stereocenters. The maximum atomic E-state index is 13.7. The van der Waals surface area contributed by atoms with Gasteiger partial charge in [0.25, 0.3) is 5.92 Å². The van der Waals surface area contributed by atoms with Gasteiger partial charge in [-0.25, -0.2) is 13.6 Å². The Morgan fingerprint density at radius 2 is 1.94 bits per heavy atom. The van der Waals surface area contributed by atoms with Gasteiger partial charge in [-0.1, -0.05) is 0 Å². The van der Waals surface area contributed by atoms with Crippen LogP contribution in [0.4, 0.5) is 13.6 Å². The molecule has 104 valence electrons. The number of hydrogen-bond acceptors (Lipinski definition) is 3. The molecule has 0 radical (unpaired) electrons. The molecule has 1 heterocycles.